The minimum absolute atomic E-state index is 0.0570. The molecule has 1 fully saturated rings. The Bertz CT molecular complexity index is 181. The lowest BCUT2D eigenvalue weighted by atomic mass is 10.00. The number of hydrogen-bond donors (Lipinski definition) is 5. The summed E-state index contributed by atoms with van der Waals surface area (Å²) in [5, 5.41) is 31.2. The van der Waals surface area contributed by atoms with Crippen LogP contribution in [0.2, 0.25) is 0 Å². The second-order valence-corrected chi connectivity index (χ2v) is 3.77. The Kier molecular flexibility index (Phi) is 5.44. The molecule has 0 radical (unpaired) electrons. The third kappa shape index (κ3) is 3.67. The van der Waals surface area contributed by atoms with Gasteiger partial charge in [0.1, 0.15) is 18.3 Å². The van der Waals surface area contributed by atoms with Gasteiger partial charge < -0.3 is 31.1 Å². The van der Waals surface area contributed by atoms with Crippen molar-refractivity contribution < 1.29 is 20.1 Å². The average Bonchev–Trinajstić information content (AvgIpc) is 2.24. The summed E-state index contributed by atoms with van der Waals surface area (Å²) in [6.45, 7) is 1.87. The first-order valence-electron chi connectivity index (χ1n) is 5.23. The number of aliphatic hydroxyl groups excluding tert-OH is 3. The molecule has 1 rings (SSSR count). The maximum atomic E-state index is 9.56. The highest BCUT2D eigenvalue weighted by atomic mass is 16.5. The Labute approximate surface area is 89.0 Å². The summed E-state index contributed by atoms with van der Waals surface area (Å²) in [6, 6.07) is 0. The molecular weight excluding hydrogens is 200 g/mol. The van der Waals surface area contributed by atoms with Crippen LogP contribution in [0.3, 0.4) is 0 Å². The number of nitrogens with one attached hydrogen (secondary N) is 1. The Morgan fingerprint density at radius 1 is 1.27 bits per heavy atom. The zero-order valence-corrected chi connectivity index (χ0v) is 8.67. The molecule has 0 amide bonds. The smallest absolute Gasteiger partial charge is 0.111 e. The van der Waals surface area contributed by atoms with E-state index < -0.39 is 24.4 Å². The van der Waals surface area contributed by atoms with Crippen LogP contribution in [0.5, 0.6) is 0 Å². The van der Waals surface area contributed by atoms with Gasteiger partial charge in [0.25, 0.3) is 0 Å². The summed E-state index contributed by atoms with van der Waals surface area (Å²) in [6.07, 6.45) is -2.78. The molecule has 0 aliphatic carbocycles. The molecule has 6 N–H and O–H groups in total. The lowest BCUT2D eigenvalue weighted by molar-refractivity contribution is -0.185. The van der Waals surface area contributed by atoms with Gasteiger partial charge in [0.15, 0.2) is 0 Å². The van der Waals surface area contributed by atoms with Crippen molar-refractivity contribution in [3.8, 4) is 0 Å². The van der Waals surface area contributed by atoms with Crippen molar-refractivity contribution in [3.63, 3.8) is 0 Å². The molecule has 4 atom stereocenters. The molecule has 6 nitrogen and oxygen atoms in total. The molecule has 0 aromatic heterocycles. The van der Waals surface area contributed by atoms with Gasteiger partial charge in [-0.25, -0.2) is 0 Å². The van der Waals surface area contributed by atoms with Crippen LogP contribution >= 0.6 is 0 Å². The van der Waals surface area contributed by atoms with Gasteiger partial charge in [-0.1, -0.05) is 0 Å². The van der Waals surface area contributed by atoms with E-state index in [1.54, 1.807) is 0 Å². The van der Waals surface area contributed by atoms with Crippen LogP contribution in [0, 0.1) is 0 Å². The zero-order chi connectivity index (χ0) is 11.3. The van der Waals surface area contributed by atoms with Crippen LogP contribution < -0.4 is 11.1 Å². The van der Waals surface area contributed by atoms with E-state index in [0.717, 1.165) is 13.0 Å². The van der Waals surface area contributed by atoms with E-state index in [1.807, 2.05) is 0 Å². The molecule has 0 unspecified atom stereocenters. The summed E-state index contributed by atoms with van der Waals surface area (Å²) in [5.74, 6) is 0. The van der Waals surface area contributed by atoms with Gasteiger partial charge in [0.05, 0.1) is 12.7 Å². The first-order chi connectivity index (χ1) is 7.16. The Hall–Kier alpha value is -0.240. The van der Waals surface area contributed by atoms with Crippen LogP contribution in [0.4, 0.5) is 0 Å². The van der Waals surface area contributed by atoms with Gasteiger partial charge in [-0.15, -0.1) is 0 Å². The van der Waals surface area contributed by atoms with Gasteiger partial charge in [-0.3, -0.25) is 0 Å². The van der Waals surface area contributed by atoms with Gasteiger partial charge in [-0.05, 0) is 19.5 Å². The fourth-order valence-corrected chi connectivity index (χ4v) is 1.52. The van der Waals surface area contributed by atoms with E-state index >= 15 is 0 Å². The summed E-state index contributed by atoms with van der Waals surface area (Å²) < 4.78 is 5.20. The lowest BCUT2D eigenvalue weighted by Crippen LogP contribution is -2.55. The third-order valence-corrected chi connectivity index (χ3v) is 2.51. The molecule has 0 saturated carbocycles. The van der Waals surface area contributed by atoms with Crippen LogP contribution in [0.15, 0.2) is 0 Å². The van der Waals surface area contributed by atoms with Crippen molar-refractivity contribution >= 4 is 0 Å². The normalized spacial score (nSPS) is 36.8. The fourth-order valence-electron chi connectivity index (χ4n) is 1.52. The van der Waals surface area contributed by atoms with Crippen molar-refractivity contribution in [1.82, 2.24) is 5.32 Å². The molecule has 0 aromatic rings. The molecule has 15 heavy (non-hydrogen) atoms. The zero-order valence-electron chi connectivity index (χ0n) is 8.67. The molecular formula is C9H20N2O4. The molecule has 1 saturated heterocycles. The lowest BCUT2D eigenvalue weighted by Gasteiger charge is -2.35. The SMILES string of the molecule is NCCCNC[C@H]1OC[C@H](O)[C@@H](O)[C@@H]1O. The van der Waals surface area contributed by atoms with Gasteiger partial charge in [0.2, 0.25) is 0 Å². The highest BCUT2D eigenvalue weighted by Crippen LogP contribution is 2.14. The number of rotatable bonds is 5. The molecule has 6 heteroatoms. The van der Waals surface area contributed by atoms with Gasteiger partial charge >= 0.3 is 0 Å². The van der Waals surface area contributed by atoms with Crippen molar-refractivity contribution in [2.75, 3.05) is 26.2 Å². The maximum absolute atomic E-state index is 9.56. The fraction of sp³-hybridized carbons (Fsp3) is 1.00. The highest BCUT2D eigenvalue weighted by Gasteiger charge is 2.36. The standard InChI is InChI=1S/C9H20N2O4/c10-2-1-3-11-4-7-9(14)8(13)6(12)5-15-7/h6-9,11-14H,1-5,10H2/t6-,7+,8+,9+/m0/s1. The van der Waals surface area contributed by atoms with E-state index in [-0.39, 0.29) is 6.61 Å². The molecule has 1 aliphatic heterocycles. The van der Waals surface area contributed by atoms with E-state index in [2.05, 4.69) is 5.32 Å². The van der Waals surface area contributed by atoms with Crippen LogP contribution in [0.1, 0.15) is 6.42 Å². The highest BCUT2D eigenvalue weighted by molar-refractivity contribution is 4.87. The molecule has 0 aromatic carbocycles. The Morgan fingerprint density at radius 3 is 2.67 bits per heavy atom. The summed E-state index contributed by atoms with van der Waals surface area (Å²) in [7, 11) is 0. The van der Waals surface area contributed by atoms with E-state index in [0.29, 0.717) is 13.1 Å². The topological polar surface area (TPSA) is 108 Å². The van der Waals surface area contributed by atoms with E-state index in [4.69, 9.17) is 10.5 Å². The van der Waals surface area contributed by atoms with E-state index in [1.165, 1.54) is 0 Å². The minimum atomic E-state index is -1.12. The molecule has 90 valence electrons. The van der Waals surface area contributed by atoms with Gasteiger partial charge in [0, 0.05) is 6.54 Å². The molecule has 0 bridgehead atoms. The second kappa shape index (κ2) is 6.37. The van der Waals surface area contributed by atoms with Crippen LogP contribution in [0.25, 0.3) is 0 Å². The third-order valence-electron chi connectivity index (χ3n) is 2.51. The average molecular weight is 220 g/mol. The quantitative estimate of drug-likeness (QED) is 0.325. The summed E-state index contributed by atoms with van der Waals surface area (Å²) >= 11 is 0. The number of hydrogen-bond acceptors (Lipinski definition) is 6. The maximum Gasteiger partial charge on any atom is 0.111 e. The predicted octanol–water partition coefficient (Wildman–Crippen LogP) is -2.59. The first kappa shape index (κ1) is 12.8. The Balaban J connectivity index is 2.23. The number of nitrogens with two attached hydrogens (primary N) is 1. The summed E-state index contributed by atoms with van der Waals surface area (Å²) in [4.78, 5) is 0. The van der Waals surface area contributed by atoms with E-state index in [9.17, 15) is 15.3 Å². The predicted molar refractivity (Wildman–Crippen MR) is 54.3 cm³/mol. The Morgan fingerprint density at radius 2 is 2.00 bits per heavy atom. The van der Waals surface area contributed by atoms with Gasteiger partial charge in [-0.2, -0.15) is 0 Å². The van der Waals surface area contributed by atoms with Crippen molar-refractivity contribution in [3.05, 3.63) is 0 Å². The largest absolute Gasteiger partial charge is 0.388 e. The van der Waals surface area contributed by atoms with Crippen molar-refractivity contribution in [2.24, 2.45) is 5.73 Å². The van der Waals surface area contributed by atoms with Crippen LogP contribution in [-0.4, -0.2) is 66.0 Å². The van der Waals surface area contributed by atoms with Crippen molar-refractivity contribution in [2.45, 2.75) is 30.8 Å². The van der Waals surface area contributed by atoms with Crippen LogP contribution in [-0.2, 0) is 4.74 Å². The monoisotopic (exact) mass is 220 g/mol. The number of ether oxygens (including phenoxy) is 1. The van der Waals surface area contributed by atoms with Crippen molar-refractivity contribution in [1.29, 1.82) is 0 Å². The summed E-state index contributed by atoms with van der Waals surface area (Å²) in [5.41, 5.74) is 5.32. The molecule has 1 heterocycles. The first-order valence-corrected chi connectivity index (χ1v) is 5.23. The minimum Gasteiger partial charge on any atom is -0.388 e. The molecule has 0 spiro atoms. The number of aliphatic hydroxyl groups is 3. The molecule has 1 aliphatic rings. The second-order valence-electron chi connectivity index (χ2n) is 3.77.